The van der Waals surface area contributed by atoms with E-state index in [1.807, 2.05) is 6.33 Å². The van der Waals surface area contributed by atoms with E-state index < -0.39 is 0 Å². The first-order chi connectivity index (χ1) is 17.1. The van der Waals surface area contributed by atoms with Crippen LogP contribution in [0.3, 0.4) is 0 Å². The van der Waals surface area contributed by atoms with E-state index in [2.05, 4.69) is 124 Å². The molecule has 4 rings (SSSR count). The summed E-state index contributed by atoms with van der Waals surface area (Å²) in [6.45, 7) is 14.8. The average Bonchev–Trinajstić information content (AvgIpc) is 3.26. The van der Waals surface area contributed by atoms with E-state index in [4.69, 9.17) is 0 Å². The van der Waals surface area contributed by atoms with E-state index in [0.717, 1.165) is 12.1 Å². The highest BCUT2D eigenvalue weighted by molar-refractivity contribution is 7.57. The van der Waals surface area contributed by atoms with Gasteiger partial charge in [0.25, 0.3) is 0 Å². The van der Waals surface area contributed by atoms with Gasteiger partial charge in [0, 0.05) is 6.54 Å². The summed E-state index contributed by atoms with van der Waals surface area (Å²) in [5.74, 6) is 0. The second-order valence-corrected chi connectivity index (χ2v) is 14.8. The number of aryl methyl sites for hydroxylation is 3. The van der Waals surface area contributed by atoms with Gasteiger partial charge < -0.3 is 4.57 Å². The second-order valence-electron chi connectivity index (χ2n) is 12.2. The lowest BCUT2D eigenvalue weighted by Gasteiger charge is -2.21. The Hall–Kier alpha value is -2.44. The number of nitrogens with zero attached hydrogens (tertiary/aromatic N) is 2. The second kappa shape index (κ2) is 11.3. The molecule has 0 fully saturated rings. The summed E-state index contributed by atoms with van der Waals surface area (Å²) < 4.78 is 2.35. The van der Waals surface area contributed by atoms with Crippen LogP contribution in [0.4, 0.5) is 0 Å². The predicted molar refractivity (Wildman–Crippen MR) is 159 cm³/mol. The third kappa shape index (κ3) is 7.07. The van der Waals surface area contributed by atoms with Crippen LogP contribution in [0.1, 0.15) is 63.8 Å². The number of benzene rings is 3. The molecule has 1 heterocycles. The van der Waals surface area contributed by atoms with Crippen molar-refractivity contribution in [2.24, 2.45) is 0 Å². The Morgan fingerprint density at radius 3 is 1.64 bits per heavy atom. The minimum absolute atomic E-state index is 0.0773. The van der Waals surface area contributed by atoms with Crippen molar-refractivity contribution in [1.29, 1.82) is 0 Å². The summed E-state index contributed by atoms with van der Waals surface area (Å²) in [7, 11) is -0.0773. The highest BCUT2D eigenvalue weighted by Crippen LogP contribution is 2.38. The third-order valence-electron chi connectivity index (χ3n) is 7.26. The van der Waals surface area contributed by atoms with E-state index >= 15 is 0 Å². The number of hydrogen-bond acceptors (Lipinski definition) is 1. The molecule has 0 unspecified atom stereocenters. The van der Waals surface area contributed by atoms with Gasteiger partial charge in [0.1, 0.15) is 0 Å². The molecule has 190 valence electrons. The van der Waals surface area contributed by atoms with E-state index in [1.54, 1.807) is 0 Å². The van der Waals surface area contributed by atoms with Crippen LogP contribution >= 0.6 is 7.92 Å². The van der Waals surface area contributed by atoms with Gasteiger partial charge in [0.15, 0.2) is 0 Å². The minimum Gasteiger partial charge on any atom is -0.330 e. The maximum atomic E-state index is 4.61. The minimum atomic E-state index is -0.0773. The van der Waals surface area contributed by atoms with Crippen molar-refractivity contribution in [2.45, 2.75) is 71.8 Å². The van der Waals surface area contributed by atoms with Crippen LogP contribution < -0.4 is 0 Å². The van der Waals surface area contributed by atoms with Crippen LogP contribution in [0, 0.1) is 0 Å². The molecule has 36 heavy (non-hydrogen) atoms. The molecule has 0 amide bonds. The van der Waals surface area contributed by atoms with Crippen molar-refractivity contribution in [3.8, 4) is 0 Å². The topological polar surface area (TPSA) is 17.8 Å². The van der Waals surface area contributed by atoms with Crippen LogP contribution in [-0.4, -0.2) is 28.0 Å². The molecule has 0 bridgehead atoms. The molecular formula is C33H43N2P. The standard InChI is InChI=1S/C33H43N2P/c1-32(2,3)28-15-11-26(12-16-28)19-22-36(23-20-27-13-17-29(18-14-27)33(4,5)6)24-21-35-25-34-30-9-7-8-10-31(30)35/h7-18,25H,19-24H2,1-6H3. The van der Waals surface area contributed by atoms with Crippen molar-refractivity contribution in [3.63, 3.8) is 0 Å². The van der Waals surface area contributed by atoms with Gasteiger partial charge in [-0.2, -0.15) is 0 Å². The van der Waals surface area contributed by atoms with Crippen molar-refractivity contribution >= 4 is 19.0 Å². The van der Waals surface area contributed by atoms with Crippen LogP contribution in [0.15, 0.2) is 79.1 Å². The summed E-state index contributed by atoms with van der Waals surface area (Å²) in [6.07, 6.45) is 8.19. The Kier molecular flexibility index (Phi) is 8.36. The smallest absolute Gasteiger partial charge is 0.0958 e. The van der Waals surface area contributed by atoms with Gasteiger partial charge in [-0.05, 0) is 76.5 Å². The fraction of sp³-hybridized carbons (Fsp3) is 0.424. The van der Waals surface area contributed by atoms with Crippen LogP contribution in [-0.2, 0) is 30.2 Å². The normalized spacial score (nSPS) is 12.5. The van der Waals surface area contributed by atoms with Crippen LogP contribution in [0.2, 0.25) is 0 Å². The summed E-state index contributed by atoms with van der Waals surface area (Å²) >= 11 is 0. The van der Waals surface area contributed by atoms with Gasteiger partial charge in [-0.15, -0.1) is 7.92 Å². The van der Waals surface area contributed by atoms with Gasteiger partial charge >= 0.3 is 0 Å². The van der Waals surface area contributed by atoms with Crippen molar-refractivity contribution in [2.75, 3.05) is 18.5 Å². The molecule has 0 aliphatic carbocycles. The van der Waals surface area contributed by atoms with Crippen LogP contribution in [0.5, 0.6) is 0 Å². The first-order valence-corrected chi connectivity index (χ1v) is 15.3. The number of aromatic nitrogens is 2. The number of para-hydroxylation sites is 2. The van der Waals surface area contributed by atoms with Gasteiger partial charge in [0.05, 0.1) is 17.4 Å². The van der Waals surface area contributed by atoms with Crippen molar-refractivity contribution in [3.05, 3.63) is 101 Å². The summed E-state index contributed by atoms with van der Waals surface area (Å²) in [5, 5.41) is 0. The quantitative estimate of drug-likeness (QED) is 0.211. The zero-order valence-electron chi connectivity index (χ0n) is 23.1. The van der Waals surface area contributed by atoms with E-state index in [0.29, 0.717) is 0 Å². The summed E-state index contributed by atoms with van der Waals surface area (Å²) in [5.41, 5.74) is 8.54. The Labute approximate surface area is 219 Å². The molecule has 3 aromatic carbocycles. The van der Waals surface area contributed by atoms with Crippen molar-refractivity contribution in [1.82, 2.24) is 9.55 Å². The lowest BCUT2D eigenvalue weighted by Crippen LogP contribution is -2.11. The molecule has 0 radical (unpaired) electrons. The van der Waals surface area contributed by atoms with Gasteiger partial charge in [0.2, 0.25) is 0 Å². The lowest BCUT2D eigenvalue weighted by atomic mass is 9.86. The van der Waals surface area contributed by atoms with Gasteiger partial charge in [-0.1, -0.05) is 102 Å². The number of fused-ring (bicyclic) bond motifs is 1. The van der Waals surface area contributed by atoms with Crippen LogP contribution in [0.25, 0.3) is 11.0 Å². The number of hydrogen-bond donors (Lipinski definition) is 0. The lowest BCUT2D eigenvalue weighted by molar-refractivity contribution is 0.589. The maximum Gasteiger partial charge on any atom is 0.0958 e. The van der Waals surface area contributed by atoms with E-state index in [1.165, 1.54) is 59.1 Å². The fourth-order valence-corrected chi connectivity index (χ4v) is 7.01. The molecule has 0 aliphatic rings. The molecule has 0 N–H and O–H groups in total. The first-order valence-electron chi connectivity index (χ1n) is 13.4. The predicted octanol–water partition coefficient (Wildman–Crippen LogP) is 8.60. The molecule has 0 aliphatic heterocycles. The van der Waals surface area contributed by atoms with E-state index in [-0.39, 0.29) is 18.8 Å². The zero-order chi connectivity index (χ0) is 25.8. The Bertz CT molecular complexity index is 1180. The molecule has 0 spiro atoms. The maximum absolute atomic E-state index is 4.61. The highest BCUT2D eigenvalue weighted by atomic mass is 31.1. The first kappa shape index (κ1) is 26.6. The molecule has 0 saturated carbocycles. The summed E-state index contributed by atoms with van der Waals surface area (Å²) in [4.78, 5) is 4.61. The molecule has 0 atom stereocenters. The van der Waals surface area contributed by atoms with Gasteiger partial charge in [-0.3, -0.25) is 0 Å². The van der Waals surface area contributed by atoms with Crippen molar-refractivity contribution < 1.29 is 0 Å². The molecule has 1 aromatic heterocycles. The number of rotatable bonds is 9. The molecule has 4 aromatic rings. The monoisotopic (exact) mass is 498 g/mol. The highest BCUT2D eigenvalue weighted by Gasteiger charge is 2.15. The molecule has 3 heteroatoms. The third-order valence-corrected chi connectivity index (χ3v) is 9.80. The Balaban J connectivity index is 1.42. The zero-order valence-corrected chi connectivity index (χ0v) is 24.0. The number of imidazole rings is 1. The van der Waals surface area contributed by atoms with E-state index in [9.17, 15) is 0 Å². The summed E-state index contributed by atoms with van der Waals surface area (Å²) in [6, 6.07) is 27.2. The molecule has 0 saturated heterocycles. The largest absolute Gasteiger partial charge is 0.330 e. The van der Waals surface area contributed by atoms with Gasteiger partial charge in [-0.25, -0.2) is 4.98 Å². The SMILES string of the molecule is CC(C)(C)c1ccc(CCP(CCc2ccc(C(C)(C)C)cc2)CCn2cnc3ccccc32)cc1. The Morgan fingerprint density at radius 1 is 0.639 bits per heavy atom. The fourth-order valence-electron chi connectivity index (χ4n) is 4.69. The molecular weight excluding hydrogens is 455 g/mol. The molecule has 2 nitrogen and oxygen atoms in total. The Morgan fingerprint density at radius 2 is 1.14 bits per heavy atom. The average molecular weight is 499 g/mol.